The Labute approximate surface area is 81.5 Å². The summed E-state index contributed by atoms with van der Waals surface area (Å²) in [5, 5.41) is 8.66. The van der Waals surface area contributed by atoms with Crippen LogP contribution in [-0.4, -0.2) is 22.7 Å². The summed E-state index contributed by atoms with van der Waals surface area (Å²) in [5.74, 6) is -0.554. The maximum Gasteiger partial charge on any atom is 0.325 e. The molecule has 1 atom stereocenters. The Morgan fingerprint density at radius 1 is 1.71 bits per heavy atom. The fourth-order valence-electron chi connectivity index (χ4n) is 0.994. The zero-order valence-electron chi connectivity index (χ0n) is 7.80. The van der Waals surface area contributed by atoms with E-state index >= 15 is 0 Å². The van der Waals surface area contributed by atoms with E-state index in [1.807, 2.05) is 6.92 Å². The number of hydrogen-bond acceptors (Lipinski definition) is 4. The van der Waals surface area contributed by atoms with Crippen LogP contribution >= 0.6 is 0 Å². The lowest BCUT2D eigenvalue weighted by molar-refractivity contribution is -0.138. The third kappa shape index (κ3) is 2.43. The highest BCUT2D eigenvalue weighted by Gasteiger charge is 2.14. The summed E-state index contributed by atoms with van der Waals surface area (Å²) in [6, 6.07) is 0.526. The number of rotatable bonds is 4. The molecule has 0 spiro atoms. The quantitative estimate of drug-likeness (QED) is 0.735. The van der Waals surface area contributed by atoms with Crippen molar-refractivity contribution >= 4 is 5.97 Å². The average Bonchev–Trinajstić information content (AvgIpc) is 2.17. The average molecular weight is 196 g/mol. The van der Waals surface area contributed by atoms with Gasteiger partial charge in [0.2, 0.25) is 0 Å². The number of nitrogens with zero attached hydrogens (tertiary/aromatic N) is 1. The van der Waals surface area contributed by atoms with E-state index in [1.165, 1.54) is 12.4 Å². The molecule has 5 heteroatoms. The fourth-order valence-corrected chi connectivity index (χ4v) is 0.994. The topological polar surface area (TPSA) is 85.4 Å². The summed E-state index contributed by atoms with van der Waals surface area (Å²) in [4.78, 5) is 14.4. The summed E-state index contributed by atoms with van der Waals surface area (Å²) < 4.78 is 5.17. The highest BCUT2D eigenvalue weighted by Crippen LogP contribution is 2.16. The molecule has 0 amide bonds. The molecule has 0 aliphatic rings. The number of carboxylic acids is 1. The van der Waals surface area contributed by atoms with E-state index < -0.39 is 12.0 Å². The van der Waals surface area contributed by atoms with Gasteiger partial charge in [-0.3, -0.25) is 9.78 Å². The Morgan fingerprint density at radius 2 is 2.43 bits per heavy atom. The number of carbonyl (C=O) groups is 1. The van der Waals surface area contributed by atoms with Gasteiger partial charge in [0.25, 0.3) is 0 Å². The Bertz CT molecular complexity index is 328. The van der Waals surface area contributed by atoms with Crippen molar-refractivity contribution in [1.29, 1.82) is 0 Å². The van der Waals surface area contributed by atoms with E-state index in [-0.39, 0.29) is 0 Å². The van der Waals surface area contributed by atoms with Crippen molar-refractivity contribution in [2.75, 3.05) is 6.61 Å². The number of carboxylic acid groups (broad SMARTS) is 1. The summed E-state index contributed by atoms with van der Waals surface area (Å²) in [6.45, 7) is 2.34. The second-order valence-electron chi connectivity index (χ2n) is 2.70. The van der Waals surface area contributed by atoms with E-state index in [2.05, 4.69) is 4.98 Å². The number of aliphatic carboxylic acids is 1. The van der Waals surface area contributed by atoms with Crippen LogP contribution in [0.2, 0.25) is 0 Å². The fraction of sp³-hybridized carbons (Fsp3) is 0.333. The van der Waals surface area contributed by atoms with Crippen molar-refractivity contribution in [3.8, 4) is 5.75 Å². The Morgan fingerprint density at radius 3 is 3.00 bits per heavy atom. The molecule has 0 aliphatic heterocycles. The van der Waals surface area contributed by atoms with Crippen molar-refractivity contribution in [1.82, 2.24) is 4.98 Å². The normalized spacial score (nSPS) is 12.1. The number of ether oxygens (including phenoxy) is 1. The highest BCUT2D eigenvalue weighted by molar-refractivity contribution is 5.75. The van der Waals surface area contributed by atoms with E-state index in [4.69, 9.17) is 15.6 Å². The smallest absolute Gasteiger partial charge is 0.325 e. The first kappa shape index (κ1) is 10.5. The lowest BCUT2D eigenvalue weighted by atomic mass is 10.1. The largest absolute Gasteiger partial charge is 0.492 e. The van der Waals surface area contributed by atoms with Crippen LogP contribution < -0.4 is 10.5 Å². The highest BCUT2D eigenvalue weighted by atomic mass is 16.5. The van der Waals surface area contributed by atoms with Crippen LogP contribution in [0.3, 0.4) is 0 Å². The van der Waals surface area contributed by atoms with E-state index in [0.717, 1.165) is 0 Å². The first-order valence-corrected chi connectivity index (χ1v) is 4.21. The molecule has 0 saturated heterocycles. The van der Waals surface area contributed by atoms with Gasteiger partial charge in [-0.1, -0.05) is 0 Å². The maximum absolute atomic E-state index is 10.6. The zero-order valence-corrected chi connectivity index (χ0v) is 7.80. The molecule has 1 aromatic heterocycles. The summed E-state index contributed by atoms with van der Waals surface area (Å²) >= 11 is 0. The molecule has 1 aromatic rings. The van der Waals surface area contributed by atoms with Crippen LogP contribution in [-0.2, 0) is 4.79 Å². The molecule has 0 saturated carbocycles. The van der Waals surface area contributed by atoms with Crippen LogP contribution in [0.25, 0.3) is 0 Å². The molecular weight excluding hydrogens is 184 g/mol. The van der Waals surface area contributed by atoms with Crippen LogP contribution in [0.15, 0.2) is 18.5 Å². The van der Waals surface area contributed by atoms with E-state index in [1.54, 1.807) is 6.07 Å². The summed E-state index contributed by atoms with van der Waals surface area (Å²) in [7, 11) is 0. The van der Waals surface area contributed by atoms with Gasteiger partial charge in [-0.15, -0.1) is 0 Å². The van der Waals surface area contributed by atoms with Gasteiger partial charge < -0.3 is 15.6 Å². The monoisotopic (exact) mass is 196 g/mol. The lowest BCUT2D eigenvalue weighted by Crippen LogP contribution is -2.20. The van der Waals surface area contributed by atoms with Crippen molar-refractivity contribution < 1.29 is 14.6 Å². The molecule has 1 unspecified atom stereocenters. The number of hydrogen-bond donors (Lipinski definition) is 2. The van der Waals surface area contributed by atoms with Gasteiger partial charge in [0, 0.05) is 11.8 Å². The van der Waals surface area contributed by atoms with Crippen LogP contribution in [0.5, 0.6) is 5.75 Å². The van der Waals surface area contributed by atoms with Gasteiger partial charge in [-0.25, -0.2) is 0 Å². The minimum absolute atomic E-state index is 0.434. The standard InChI is InChI=1S/C9H12N2O3/c1-2-14-7-3-6(4-11-5-7)8(10)9(12)13/h3-5,8H,2,10H2,1H3,(H,12,13). The Balaban J connectivity index is 2.87. The van der Waals surface area contributed by atoms with E-state index in [9.17, 15) is 4.79 Å². The maximum atomic E-state index is 10.6. The minimum atomic E-state index is -1.08. The van der Waals surface area contributed by atoms with Crippen LogP contribution in [0.1, 0.15) is 18.5 Å². The van der Waals surface area contributed by atoms with Crippen molar-refractivity contribution in [3.05, 3.63) is 24.0 Å². The van der Waals surface area contributed by atoms with Crippen LogP contribution in [0.4, 0.5) is 0 Å². The minimum Gasteiger partial charge on any atom is -0.492 e. The number of nitrogens with two attached hydrogens (primary N) is 1. The van der Waals surface area contributed by atoms with Crippen molar-refractivity contribution in [2.45, 2.75) is 13.0 Å². The predicted molar refractivity (Wildman–Crippen MR) is 50.0 cm³/mol. The third-order valence-corrected chi connectivity index (χ3v) is 1.67. The molecule has 76 valence electrons. The molecule has 3 N–H and O–H groups in total. The number of pyridine rings is 1. The number of aromatic nitrogens is 1. The molecule has 0 bridgehead atoms. The van der Waals surface area contributed by atoms with E-state index in [0.29, 0.717) is 17.9 Å². The molecule has 1 heterocycles. The van der Waals surface area contributed by atoms with Gasteiger partial charge in [-0.05, 0) is 13.0 Å². The first-order chi connectivity index (χ1) is 6.65. The SMILES string of the molecule is CCOc1cncc(C(N)C(=O)O)c1. The van der Waals surface area contributed by atoms with Gasteiger partial charge in [-0.2, -0.15) is 0 Å². The molecule has 0 aromatic carbocycles. The molecule has 0 radical (unpaired) electrons. The molecule has 1 rings (SSSR count). The van der Waals surface area contributed by atoms with Gasteiger partial charge in [0.05, 0.1) is 12.8 Å². The van der Waals surface area contributed by atoms with Crippen LogP contribution in [0, 0.1) is 0 Å². The molecule has 5 nitrogen and oxygen atoms in total. The molecule has 0 fully saturated rings. The summed E-state index contributed by atoms with van der Waals surface area (Å²) in [5.41, 5.74) is 5.84. The van der Waals surface area contributed by atoms with Crippen molar-refractivity contribution in [3.63, 3.8) is 0 Å². The van der Waals surface area contributed by atoms with Gasteiger partial charge >= 0.3 is 5.97 Å². The Hall–Kier alpha value is -1.62. The lowest BCUT2D eigenvalue weighted by Gasteiger charge is -2.08. The second kappa shape index (κ2) is 4.57. The third-order valence-electron chi connectivity index (χ3n) is 1.67. The molecular formula is C9H12N2O3. The first-order valence-electron chi connectivity index (χ1n) is 4.21. The Kier molecular flexibility index (Phi) is 3.41. The zero-order chi connectivity index (χ0) is 10.6. The predicted octanol–water partition coefficient (Wildman–Crippen LogP) is 0.565. The second-order valence-corrected chi connectivity index (χ2v) is 2.70. The molecule has 14 heavy (non-hydrogen) atoms. The summed E-state index contributed by atoms with van der Waals surface area (Å²) in [6.07, 6.45) is 2.93. The molecule has 0 aliphatic carbocycles. The van der Waals surface area contributed by atoms with Crippen molar-refractivity contribution in [2.24, 2.45) is 5.73 Å². The van der Waals surface area contributed by atoms with Gasteiger partial charge in [0.15, 0.2) is 0 Å². The van der Waals surface area contributed by atoms with Gasteiger partial charge in [0.1, 0.15) is 11.8 Å².